The fourth-order valence-corrected chi connectivity index (χ4v) is 1.91. The molecule has 0 aliphatic rings. The molecular weight excluding hydrogens is 367 g/mol. The molecule has 1 aromatic carbocycles. The molecule has 9 heteroatoms. The molecule has 0 unspecified atom stereocenters. The fraction of sp³-hybridized carbons (Fsp3) is 0.294. The number of nitrogens with zero attached hydrogens (tertiary/aromatic N) is 1. The van der Waals surface area contributed by atoms with Gasteiger partial charge in [0.2, 0.25) is 5.78 Å². The zero-order chi connectivity index (χ0) is 20.1. The molecule has 0 fully saturated rings. The van der Waals surface area contributed by atoms with Crippen LogP contribution in [0.5, 0.6) is 0 Å². The first kappa shape index (κ1) is 21.6. The summed E-state index contributed by atoms with van der Waals surface area (Å²) in [6.07, 6.45) is -5.35. The molecule has 0 saturated carbocycles. The van der Waals surface area contributed by atoms with E-state index in [1.807, 2.05) is 13.8 Å². The van der Waals surface area contributed by atoms with Crippen LogP contribution in [-0.4, -0.2) is 16.9 Å². The van der Waals surface area contributed by atoms with E-state index in [2.05, 4.69) is 4.98 Å². The average molecular weight is 381 g/mol. The zero-order valence-electron chi connectivity index (χ0n) is 13.7. The van der Waals surface area contributed by atoms with Crippen LogP contribution in [-0.2, 0) is 12.3 Å². The van der Waals surface area contributed by atoms with Gasteiger partial charge in [0.25, 0.3) is 0 Å². The second kappa shape index (κ2) is 8.29. The van der Waals surface area contributed by atoms with E-state index < -0.39 is 47.2 Å². The van der Waals surface area contributed by atoms with Crippen LogP contribution in [0.2, 0.25) is 0 Å². The van der Waals surface area contributed by atoms with E-state index in [0.29, 0.717) is 24.4 Å². The average Bonchev–Trinajstić information content (AvgIpc) is 2.55. The Kier molecular flexibility index (Phi) is 6.88. The zero-order valence-corrected chi connectivity index (χ0v) is 13.7. The van der Waals surface area contributed by atoms with E-state index in [4.69, 9.17) is 0 Å². The largest absolute Gasteiger partial charge is 0.393 e. The van der Waals surface area contributed by atoms with Crippen molar-refractivity contribution in [3.63, 3.8) is 0 Å². The standard InChI is InChI=1S/C15H8F7NO.C2H6/c16-9-2-3-10(11(17)5-9)13(24)15(21,22)12-4-1-8(7-23-12)6-14(18,19)20;1-2/h1-5,7H,6H2;1-2H3. The Morgan fingerprint density at radius 2 is 1.62 bits per heavy atom. The molecule has 0 atom stereocenters. The van der Waals surface area contributed by atoms with Crippen LogP contribution in [0.25, 0.3) is 0 Å². The predicted octanol–water partition coefficient (Wildman–Crippen LogP) is 5.47. The number of pyridine rings is 1. The van der Waals surface area contributed by atoms with E-state index in [9.17, 15) is 35.5 Å². The molecule has 2 aromatic rings. The molecule has 0 N–H and O–H groups in total. The summed E-state index contributed by atoms with van der Waals surface area (Å²) in [6.45, 7) is 4.00. The van der Waals surface area contributed by atoms with Crippen molar-refractivity contribution in [2.24, 2.45) is 0 Å². The van der Waals surface area contributed by atoms with E-state index in [1.54, 1.807) is 0 Å². The number of benzene rings is 1. The molecule has 0 bridgehead atoms. The molecule has 0 aliphatic heterocycles. The minimum Gasteiger partial charge on any atom is -0.287 e. The number of hydrogen-bond acceptors (Lipinski definition) is 2. The van der Waals surface area contributed by atoms with E-state index in [0.717, 1.165) is 6.07 Å². The highest BCUT2D eigenvalue weighted by atomic mass is 19.4. The van der Waals surface area contributed by atoms with Gasteiger partial charge in [0.05, 0.1) is 12.0 Å². The van der Waals surface area contributed by atoms with Crippen molar-refractivity contribution in [2.45, 2.75) is 32.4 Å². The Balaban J connectivity index is 0.00000163. The van der Waals surface area contributed by atoms with Crippen LogP contribution >= 0.6 is 0 Å². The Morgan fingerprint density at radius 1 is 1.00 bits per heavy atom. The summed E-state index contributed by atoms with van der Waals surface area (Å²) >= 11 is 0. The SMILES string of the molecule is CC.O=C(c1ccc(F)cc1F)C(F)(F)c1ccc(CC(F)(F)F)cn1. The van der Waals surface area contributed by atoms with Crippen molar-refractivity contribution in [3.05, 3.63) is 65.0 Å². The topological polar surface area (TPSA) is 30.0 Å². The van der Waals surface area contributed by atoms with Crippen molar-refractivity contribution in [1.82, 2.24) is 4.98 Å². The lowest BCUT2D eigenvalue weighted by Gasteiger charge is -2.15. The quantitative estimate of drug-likeness (QED) is 0.520. The number of hydrogen-bond donors (Lipinski definition) is 0. The van der Waals surface area contributed by atoms with Gasteiger partial charge in [-0.25, -0.2) is 8.78 Å². The van der Waals surface area contributed by atoms with E-state index in [1.165, 1.54) is 0 Å². The minimum atomic E-state index is -4.54. The normalized spacial score (nSPS) is 11.6. The minimum absolute atomic E-state index is 0.267. The molecule has 0 amide bonds. The highest BCUT2D eigenvalue weighted by Gasteiger charge is 2.44. The summed E-state index contributed by atoms with van der Waals surface area (Å²) in [6, 6.07) is 2.76. The van der Waals surface area contributed by atoms with Crippen LogP contribution in [0.1, 0.15) is 35.5 Å². The lowest BCUT2D eigenvalue weighted by atomic mass is 10.0. The molecule has 142 valence electrons. The van der Waals surface area contributed by atoms with Gasteiger partial charge in [-0.2, -0.15) is 22.0 Å². The van der Waals surface area contributed by atoms with Gasteiger partial charge in [-0.1, -0.05) is 19.9 Å². The van der Waals surface area contributed by atoms with Gasteiger partial charge in [-0.05, 0) is 23.8 Å². The van der Waals surface area contributed by atoms with Crippen molar-refractivity contribution >= 4 is 5.78 Å². The molecule has 0 radical (unpaired) electrons. The van der Waals surface area contributed by atoms with Gasteiger partial charge in [0, 0.05) is 12.3 Å². The summed E-state index contributed by atoms with van der Waals surface area (Å²) < 4.78 is 91.0. The maximum absolute atomic E-state index is 14.1. The first-order valence-electron chi connectivity index (χ1n) is 7.40. The van der Waals surface area contributed by atoms with Crippen LogP contribution < -0.4 is 0 Å². The number of carbonyl (C=O) groups is 1. The fourth-order valence-electron chi connectivity index (χ4n) is 1.91. The van der Waals surface area contributed by atoms with Gasteiger partial charge in [-0.15, -0.1) is 0 Å². The Morgan fingerprint density at radius 3 is 2.08 bits per heavy atom. The molecule has 1 aromatic heterocycles. The number of ketones is 1. The second-order valence-electron chi connectivity index (χ2n) is 4.87. The molecular formula is C17H14F7NO. The number of halogens is 7. The van der Waals surface area contributed by atoms with Crippen molar-refractivity contribution in [2.75, 3.05) is 0 Å². The van der Waals surface area contributed by atoms with Crippen LogP contribution in [0.15, 0.2) is 36.5 Å². The van der Waals surface area contributed by atoms with Gasteiger partial charge >= 0.3 is 12.1 Å². The number of aromatic nitrogens is 1. The van der Waals surface area contributed by atoms with Crippen molar-refractivity contribution < 1.29 is 35.5 Å². The highest BCUT2D eigenvalue weighted by molar-refractivity contribution is 6.01. The summed E-state index contributed by atoms with van der Waals surface area (Å²) in [4.78, 5) is 14.9. The van der Waals surface area contributed by atoms with E-state index in [-0.39, 0.29) is 11.6 Å². The van der Waals surface area contributed by atoms with Crippen molar-refractivity contribution in [3.8, 4) is 0 Å². The number of carbonyl (C=O) groups excluding carboxylic acids is 1. The highest BCUT2D eigenvalue weighted by Crippen LogP contribution is 2.32. The van der Waals surface area contributed by atoms with Gasteiger partial charge in [-0.3, -0.25) is 9.78 Å². The molecule has 0 saturated heterocycles. The van der Waals surface area contributed by atoms with Gasteiger partial charge in [0.1, 0.15) is 17.3 Å². The maximum Gasteiger partial charge on any atom is 0.393 e. The maximum atomic E-state index is 14.1. The predicted molar refractivity (Wildman–Crippen MR) is 79.9 cm³/mol. The number of rotatable bonds is 4. The third-order valence-electron chi connectivity index (χ3n) is 3.01. The molecule has 0 aliphatic carbocycles. The Hall–Kier alpha value is -2.45. The van der Waals surface area contributed by atoms with Crippen LogP contribution in [0, 0.1) is 11.6 Å². The molecule has 2 nitrogen and oxygen atoms in total. The number of Topliss-reactive ketones (excluding diaryl/α,β-unsaturated/α-hetero) is 1. The van der Waals surface area contributed by atoms with E-state index >= 15 is 0 Å². The Labute approximate surface area is 144 Å². The first-order valence-corrected chi connectivity index (χ1v) is 7.40. The van der Waals surface area contributed by atoms with Gasteiger partial charge in [0.15, 0.2) is 0 Å². The summed E-state index contributed by atoms with van der Waals surface area (Å²) in [7, 11) is 0. The monoisotopic (exact) mass is 381 g/mol. The summed E-state index contributed by atoms with van der Waals surface area (Å²) in [5, 5.41) is 0. The molecule has 0 spiro atoms. The summed E-state index contributed by atoms with van der Waals surface area (Å²) in [5.41, 5.74) is -2.56. The van der Waals surface area contributed by atoms with Crippen LogP contribution in [0.3, 0.4) is 0 Å². The molecule has 26 heavy (non-hydrogen) atoms. The summed E-state index contributed by atoms with van der Waals surface area (Å²) in [5.74, 6) is -8.79. The molecule has 1 heterocycles. The smallest absolute Gasteiger partial charge is 0.287 e. The first-order chi connectivity index (χ1) is 12.0. The second-order valence-corrected chi connectivity index (χ2v) is 4.87. The third-order valence-corrected chi connectivity index (χ3v) is 3.01. The number of alkyl halides is 5. The lowest BCUT2D eigenvalue weighted by Crippen LogP contribution is -2.28. The Bertz CT molecular complexity index is 755. The molecule has 2 rings (SSSR count). The van der Waals surface area contributed by atoms with Gasteiger partial charge < -0.3 is 0 Å². The van der Waals surface area contributed by atoms with Crippen molar-refractivity contribution in [1.29, 1.82) is 0 Å². The lowest BCUT2D eigenvalue weighted by molar-refractivity contribution is -0.127. The van der Waals surface area contributed by atoms with Crippen LogP contribution in [0.4, 0.5) is 30.7 Å². The third kappa shape index (κ3) is 5.27.